The first kappa shape index (κ1) is 12.2. The van der Waals surface area contributed by atoms with Crippen LogP contribution in [0, 0.1) is 6.57 Å². The molecule has 2 aliphatic rings. The van der Waals surface area contributed by atoms with Gasteiger partial charge in [0, 0.05) is 37.8 Å². The Morgan fingerprint density at radius 2 is 1.74 bits per heavy atom. The molecule has 98 valence electrons. The summed E-state index contributed by atoms with van der Waals surface area (Å²) in [6.07, 6.45) is 2.65. The number of nitrogens with zero attached hydrogens (tertiary/aromatic N) is 3. The SMILES string of the molecule is [C-]#[N+]c1ccc(C(=O)N2CCN(C3CC3)CC2)cc1. The highest BCUT2D eigenvalue weighted by Crippen LogP contribution is 2.27. The van der Waals surface area contributed by atoms with Crippen LogP contribution >= 0.6 is 0 Å². The molecule has 0 spiro atoms. The number of piperazine rings is 1. The van der Waals surface area contributed by atoms with E-state index in [1.54, 1.807) is 24.3 Å². The summed E-state index contributed by atoms with van der Waals surface area (Å²) in [5.74, 6) is 0.0898. The maximum absolute atomic E-state index is 12.3. The van der Waals surface area contributed by atoms with Crippen LogP contribution in [0.3, 0.4) is 0 Å². The fraction of sp³-hybridized carbons (Fsp3) is 0.467. The summed E-state index contributed by atoms with van der Waals surface area (Å²) in [6, 6.07) is 7.71. The predicted molar refractivity (Wildman–Crippen MR) is 73.2 cm³/mol. The third-order valence-electron chi connectivity index (χ3n) is 3.91. The quantitative estimate of drug-likeness (QED) is 0.757. The van der Waals surface area contributed by atoms with Crippen molar-refractivity contribution in [1.29, 1.82) is 0 Å². The molecule has 1 aliphatic carbocycles. The van der Waals surface area contributed by atoms with Crippen LogP contribution in [-0.4, -0.2) is 47.9 Å². The molecule has 1 amide bonds. The number of hydrogen-bond acceptors (Lipinski definition) is 2. The maximum atomic E-state index is 12.3. The summed E-state index contributed by atoms with van der Waals surface area (Å²) >= 11 is 0. The van der Waals surface area contributed by atoms with Gasteiger partial charge in [-0.3, -0.25) is 9.69 Å². The minimum Gasteiger partial charge on any atom is -0.336 e. The smallest absolute Gasteiger partial charge is 0.253 e. The fourth-order valence-electron chi connectivity index (χ4n) is 2.59. The molecular formula is C15H17N3O. The highest BCUT2D eigenvalue weighted by atomic mass is 16.2. The largest absolute Gasteiger partial charge is 0.336 e. The number of rotatable bonds is 2. The lowest BCUT2D eigenvalue weighted by atomic mass is 10.1. The monoisotopic (exact) mass is 255 g/mol. The van der Waals surface area contributed by atoms with Crippen LogP contribution in [0.1, 0.15) is 23.2 Å². The molecule has 1 heterocycles. The van der Waals surface area contributed by atoms with E-state index in [0.29, 0.717) is 11.3 Å². The topological polar surface area (TPSA) is 27.9 Å². The van der Waals surface area contributed by atoms with Gasteiger partial charge in [0.1, 0.15) is 0 Å². The van der Waals surface area contributed by atoms with Gasteiger partial charge in [-0.1, -0.05) is 24.3 Å². The average Bonchev–Trinajstić information content (AvgIpc) is 3.31. The Morgan fingerprint density at radius 3 is 2.26 bits per heavy atom. The molecule has 0 bridgehead atoms. The Morgan fingerprint density at radius 1 is 1.11 bits per heavy atom. The third kappa shape index (κ3) is 2.61. The summed E-state index contributed by atoms with van der Waals surface area (Å²) in [6.45, 7) is 10.5. The first-order valence-electron chi connectivity index (χ1n) is 6.79. The van der Waals surface area contributed by atoms with Crippen molar-refractivity contribution in [2.24, 2.45) is 0 Å². The molecule has 4 nitrogen and oxygen atoms in total. The molecule has 1 saturated carbocycles. The highest BCUT2D eigenvalue weighted by molar-refractivity contribution is 5.94. The molecule has 0 unspecified atom stereocenters. The fourth-order valence-corrected chi connectivity index (χ4v) is 2.59. The van der Waals surface area contributed by atoms with Crippen molar-refractivity contribution in [3.8, 4) is 0 Å². The summed E-state index contributed by atoms with van der Waals surface area (Å²) in [5.41, 5.74) is 1.27. The molecule has 19 heavy (non-hydrogen) atoms. The van der Waals surface area contributed by atoms with Crippen LogP contribution in [0.5, 0.6) is 0 Å². The molecular weight excluding hydrogens is 238 g/mol. The average molecular weight is 255 g/mol. The van der Waals surface area contributed by atoms with Crippen molar-refractivity contribution in [3.63, 3.8) is 0 Å². The number of carbonyl (C=O) groups is 1. The minimum absolute atomic E-state index is 0.0898. The lowest BCUT2D eigenvalue weighted by Gasteiger charge is -2.34. The van der Waals surface area contributed by atoms with Crippen molar-refractivity contribution < 1.29 is 4.79 Å². The van der Waals surface area contributed by atoms with Gasteiger partial charge >= 0.3 is 0 Å². The van der Waals surface area contributed by atoms with Gasteiger partial charge in [-0.05, 0) is 12.8 Å². The Balaban J connectivity index is 1.62. The van der Waals surface area contributed by atoms with Crippen LogP contribution in [0.4, 0.5) is 5.69 Å². The third-order valence-corrected chi connectivity index (χ3v) is 3.91. The van der Waals surface area contributed by atoms with Crippen molar-refractivity contribution in [2.75, 3.05) is 26.2 Å². The molecule has 2 fully saturated rings. The van der Waals surface area contributed by atoms with Gasteiger partial charge in [-0.2, -0.15) is 0 Å². The Hall–Kier alpha value is -1.86. The Kier molecular flexibility index (Phi) is 3.22. The lowest BCUT2D eigenvalue weighted by molar-refractivity contribution is 0.0627. The number of carbonyl (C=O) groups excluding carboxylic acids is 1. The van der Waals surface area contributed by atoms with Gasteiger partial charge in [0.2, 0.25) is 0 Å². The molecule has 4 heteroatoms. The van der Waals surface area contributed by atoms with Crippen molar-refractivity contribution in [3.05, 3.63) is 41.2 Å². The minimum atomic E-state index is 0.0898. The van der Waals surface area contributed by atoms with E-state index >= 15 is 0 Å². The molecule has 1 aromatic rings. The number of amides is 1. The molecule has 0 atom stereocenters. The van der Waals surface area contributed by atoms with Crippen LogP contribution in [0.2, 0.25) is 0 Å². The molecule has 0 N–H and O–H groups in total. The van der Waals surface area contributed by atoms with Crippen LogP contribution in [0.15, 0.2) is 24.3 Å². The van der Waals surface area contributed by atoms with E-state index < -0.39 is 0 Å². The molecule has 0 radical (unpaired) electrons. The van der Waals surface area contributed by atoms with Crippen molar-refractivity contribution in [2.45, 2.75) is 18.9 Å². The summed E-state index contributed by atoms with van der Waals surface area (Å²) < 4.78 is 0. The molecule has 3 rings (SSSR count). The van der Waals surface area contributed by atoms with Gasteiger partial charge in [-0.25, -0.2) is 4.85 Å². The Bertz CT molecular complexity index is 505. The van der Waals surface area contributed by atoms with Gasteiger partial charge in [-0.15, -0.1) is 0 Å². The van der Waals surface area contributed by atoms with Crippen molar-refractivity contribution in [1.82, 2.24) is 9.80 Å². The molecule has 0 aromatic heterocycles. The second-order valence-electron chi connectivity index (χ2n) is 5.22. The van der Waals surface area contributed by atoms with Crippen LogP contribution in [0.25, 0.3) is 4.85 Å². The first-order valence-corrected chi connectivity index (χ1v) is 6.79. The van der Waals surface area contributed by atoms with E-state index in [1.165, 1.54) is 12.8 Å². The lowest BCUT2D eigenvalue weighted by Crippen LogP contribution is -2.49. The standard InChI is InChI=1S/C15H17N3O/c1-16-13-4-2-12(3-5-13)15(19)18-10-8-17(9-11-18)14-6-7-14/h2-5,14H,6-11H2. The summed E-state index contributed by atoms with van der Waals surface area (Å²) in [4.78, 5) is 20.1. The van der Waals surface area contributed by atoms with Gasteiger partial charge in [0.15, 0.2) is 5.69 Å². The zero-order valence-corrected chi connectivity index (χ0v) is 10.9. The van der Waals surface area contributed by atoms with Crippen LogP contribution < -0.4 is 0 Å². The Labute approximate surface area is 113 Å². The normalized spacial score (nSPS) is 20.1. The zero-order valence-electron chi connectivity index (χ0n) is 10.9. The first-order chi connectivity index (χ1) is 9.28. The summed E-state index contributed by atoms with van der Waals surface area (Å²) in [5, 5.41) is 0. The second kappa shape index (κ2) is 5.02. The number of benzene rings is 1. The molecule has 1 aliphatic heterocycles. The van der Waals surface area contributed by atoms with E-state index in [4.69, 9.17) is 6.57 Å². The predicted octanol–water partition coefficient (Wildman–Crippen LogP) is 2.16. The van der Waals surface area contributed by atoms with E-state index in [2.05, 4.69) is 9.74 Å². The van der Waals surface area contributed by atoms with Crippen molar-refractivity contribution >= 4 is 11.6 Å². The second-order valence-corrected chi connectivity index (χ2v) is 5.22. The van der Waals surface area contributed by atoms with E-state index in [1.807, 2.05) is 4.90 Å². The van der Waals surface area contributed by atoms with E-state index in [-0.39, 0.29) is 5.91 Å². The van der Waals surface area contributed by atoms with Gasteiger partial charge < -0.3 is 4.90 Å². The molecule has 1 aromatic carbocycles. The molecule has 1 saturated heterocycles. The maximum Gasteiger partial charge on any atom is 0.253 e. The van der Waals surface area contributed by atoms with E-state index in [9.17, 15) is 4.79 Å². The highest BCUT2D eigenvalue weighted by Gasteiger charge is 2.32. The zero-order chi connectivity index (χ0) is 13.2. The van der Waals surface area contributed by atoms with Crippen LogP contribution in [-0.2, 0) is 0 Å². The number of hydrogen-bond donors (Lipinski definition) is 0. The van der Waals surface area contributed by atoms with E-state index in [0.717, 1.165) is 32.2 Å². The summed E-state index contributed by atoms with van der Waals surface area (Å²) in [7, 11) is 0. The van der Waals surface area contributed by atoms with Gasteiger partial charge in [0.05, 0.1) is 6.57 Å². The van der Waals surface area contributed by atoms with Gasteiger partial charge in [0.25, 0.3) is 5.91 Å².